The molecule has 5 rings (SSSR count). The number of anilines is 1. The molecule has 3 aromatic rings. The standard InChI is InChI=1S/C27H29ClN4O3S/c1-3-14-36-27-30-26-29-20-6-5-7-21(33)24(20)25(32(26)31-27)18-10-13-22(23(15-18)34-4-2)35-16-17-8-11-19(28)12-9-17/h8-13,15,25H,3-7,14,16H2,1-2H3,(H,29,30,31). The molecular weight excluding hydrogens is 496 g/mol. The van der Waals surface area contributed by atoms with E-state index in [1.807, 2.05) is 54.1 Å². The molecule has 1 aromatic heterocycles. The van der Waals surface area contributed by atoms with E-state index >= 15 is 0 Å². The van der Waals surface area contributed by atoms with E-state index in [2.05, 4.69) is 12.2 Å². The number of thioether (sulfide) groups is 1. The Labute approximate surface area is 220 Å². The van der Waals surface area contributed by atoms with Gasteiger partial charge in [0, 0.05) is 28.5 Å². The van der Waals surface area contributed by atoms with Gasteiger partial charge >= 0.3 is 0 Å². The zero-order valence-electron chi connectivity index (χ0n) is 20.4. The Balaban J connectivity index is 1.50. The second-order valence-electron chi connectivity index (χ2n) is 8.76. The van der Waals surface area contributed by atoms with Gasteiger partial charge in [0.2, 0.25) is 11.1 Å². The fraction of sp³-hybridized carbons (Fsp3) is 0.370. The average molecular weight is 525 g/mol. The predicted octanol–water partition coefficient (Wildman–Crippen LogP) is 6.43. The number of rotatable bonds is 9. The second-order valence-corrected chi connectivity index (χ2v) is 10.3. The number of fused-ring (bicyclic) bond motifs is 1. The third-order valence-electron chi connectivity index (χ3n) is 6.17. The lowest BCUT2D eigenvalue weighted by Gasteiger charge is -2.32. The Morgan fingerprint density at radius 1 is 1.11 bits per heavy atom. The molecule has 0 amide bonds. The molecule has 0 spiro atoms. The molecule has 1 atom stereocenters. The number of nitrogens with one attached hydrogen (secondary N) is 1. The summed E-state index contributed by atoms with van der Waals surface area (Å²) in [5, 5.41) is 9.58. The van der Waals surface area contributed by atoms with Gasteiger partial charge < -0.3 is 14.8 Å². The Bertz CT molecular complexity index is 1290. The Morgan fingerprint density at radius 2 is 1.94 bits per heavy atom. The van der Waals surface area contributed by atoms with E-state index in [1.54, 1.807) is 11.8 Å². The van der Waals surface area contributed by atoms with Gasteiger partial charge in [-0.15, -0.1) is 5.10 Å². The summed E-state index contributed by atoms with van der Waals surface area (Å²) in [4.78, 5) is 17.9. The second kappa shape index (κ2) is 11.0. The molecule has 1 N–H and O–H groups in total. The number of carbonyl (C=O) groups is 1. The van der Waals surface area contributed by atoms with Crippen molar-refractivity contribution in [2.24, 2.45) is 0 Å². The number of ketones is 1. The average Bonchev–Trinajstić information content (AvgIpc) is 3.29. The SMILES string of the molecule is CCCSc1nc2n(n1)C(c1ccc(OCc3ccc(Cl)cc3)c(OCC)c1)C1=C(CCCC1=O)N2. The Morgan fingerprint density at radius 3 is 2.72 bits per heavy atom. The number of allylic oxidation sites excluding steroid dienone is 2. The molecule has 1 aliphatic heterocycles. The zero-order valence-corrected chi connectivity index (χ0v) is 22.0. The molecule has 36 heavy (non-hydrogen) atoms. The largest absolute Gasteiger partial charge is 0.490 e. The molecule has 0 fully saturated rings. The molecule has 1 aliphatic carbocycles. The summed E-state index contributed by atoms with van der Waals surface area (Å²) in [6.45, 7) is 4.96. The van der Waals surface area contributed by atoms with Gasteiger partial charge in [-0.25, -0.2) is 4.68 Å². The first-order chi connectivity index (χ1) is 17.6. The maximum absolute atomic E-state index is 13.1. The van der Waals surface area contributed by atoms with E-state index in [1.165, 1.54) is 0 Å². The van der Waals surface area contributed by atoms with Gasteiger partial charge in [-0.3, -0.25) is 4.79 Å². The monoisotopic (exact) mass is 524 g/mol. The van der Waals surface area contributed by atoms with Crippen LogP contribution in [-0.4, -0.2) is 32.9 Å². The zero-order chi connectivity index (χ0) is 25.1. The number of Topliss-reactive ketones (excluding diaryl/α,β-unsaturated/α-hetero) is 1. The lowest BCUT2D eigenvalue weighted by molar-refractivity contribution is -0.116. The van der Waals surface area contributed by atoms with E-state index in [4.69, 9.17) is 31.2 Å². The van der Waals surface area contributed by atoms with Crippen molar-refractivity contribution in [1.82, 2.24) is 14.8 Å². The van der Waals surface area contributed by atoms with Crippen LogP contribution >= 0.6 is 23.4 Å². The highest BCUT2D eigenvalue weighted by molar-refractivity contribution is 7.99. The molecule has 7 nitrogen and oxygen atoms in total. The van der Waals surface area contributed by atoms with Gasteiger partial charge in [0.1, 0.15) is 12.6 Å². The molecular formula is C27H29ClN4O3S. The van der Waals surface area contributed by atoms with E-state index < -0.39 is 0 Å². The number of carbonyl (C=O) groups excluding carboxylic acids is 1. The van der Waals surface area contributed by atoms with Gasteiger partial charge in [0.05, 0.1) is 6.61 Å². The number of hydrogen-bond acceptors (Lipinski definition) is 7. The minimum atomic E-state index is -0.364. The molecule has 0 radical (unpaired) electrons. The van der Waals surface area contributed by atoms with E-state index in [9.17, 15) is 4.79 Å². The maximum Gasteiger partial charge on any atom is 0.227 e. The summed E-state index contributed by atoms with van der Waals surface area (Å²) in [6.07, 6.45) is 3.24. The quantitative estimate of drug-likeness (QED) is 0.323. The maximum atomic E-state index is 13.1. The summed E-state index contributed by atoms with van der Waals surface area (Å²) in [5.74, 6) is 3.04. The molecule has 0 saturated heterocycles. The van der Waals surface area contributed by atoms with Gasteiger partial charge in [-0.2, -0.15) is 4.98 Å². The fourth-order valence-electron chi connectivity index (χ4n) is 4.52. The first-order valence-corrected chi connectivity index (χ1v) is 13.7. The third-order valence-corrected chi connectivity index (χ3v) is 7.47. The van der Waals surface area contributed by atoms with Gasteiger partial charge in [0.25, 0.3) is 0 Å². The van der Waals surface area contributed by atoms with Gasteiger partial charge in [-0.05, 0) is 61.6 Å². The van der Waals surface area contributed by atoms with Crippen molar-refractivity contribution in [3.63, 3.8) is 0 Å². The number of aromatic nitrogens is 3. The summed E-state index contributed by atoms with van der Waals surface area (Å²) in [5.41, 5.74) is 3.64. The smallest absolute Gasteiger partial charge is 0.227 e. The highest BCUT2D eigenvalue weighted by Gasteiger charge is 2.37. The van der Waals surface area contributed by atoms with Crippen molar-refractivity contribution in [3.05, 3.63) is 69.9 Å². The molecule has 0 bridgehead atoms. The lowest BCUT2D eigenvalue weighted by atomic mass is 9.85. The van der Waals surface area contributed by atoms with Crippen molar-refractivity contribution in [2.75, 3.05) is 17.7 Å². The van der Waals surface area contributed by atoms with Crippen molar-refractivity contribution >= 4 is 35.1 Å². The number of halogens is 1. The number of benzene rings is 2. The normalized spacial score (nSPS) is 16.9. The summed E-state index contributed by atoms with van der Waals surface area (Å²) in [6, 6.07) is 13.1. The van der Waals surface area contributed by atoms with Crippen LogP contribution in [0, 0.1) is 0 Å². The molecule has 2 aromatic carbocycles. The Kier molecular flexibility index (Phi) is 7.53. The molecule has 1 unspecified atom stereocenters. The molecule has 0 saturated carbocycles. The minimum absolute atomic E-state index is 0.152. The lowest BCUT2D eigenvalue weighted by Crippen LogP contribution is -2.31. The molecule has 2 heterocycles. The number of ether oxygens (including phenoxy) is 2. The Hall–Kier alpha value is -2.97. The van der Waals surface area contributed by atoms with Crippen molar-refractivity contribution < 1.29 is 14.3 Å². The van der Waals surface area contributed by atoms with Crippen molar-refractivity contribution in [2.45, 2.75) is 57.3 Å². The van der Waals surface area contributed by atoms with Crippen LogP contribution in [0.2, 0.25) is 5.02 Å². The van der Waals surface area contributed by atoms with Crippen LogP contribution in [0.25, 0.3) is 0 Å². The van der Waals surface area contributed by atoms with Crippen LogP contribution in [0.5, 0.6) is 11.5 Å². The highest BCUT2D eigenvalue weighted by Crippen LogP contribution is 2.42. The minimum Gasteiger partial charge on any atom is -0.490 e. The molecule has 188 valence electrons. The molecule has 9 heteroatoms. The van der Waals surface area contributed by atoms with Crippen LogP contribution in [0.3, 0.4) is 0 Å². The van der Waals surface area contributed by atoms with Crippen molar-refractivity contribution in [3.8, 4) is 11.5 Å². The van der Waals surface area contributed by atoms with Crippen LogP contribution in [0.4, 0.5) is 5.95 Å². The van der Waals surface area contributed by atoms with E-state index in [0.29, 0.717) is 47.3 Å². The highest BCUT2D eigenvalue weighted by atomic mass is 35.5. The third kappa shape index (κ3) is 5.11. The van der Waals surface area contributed by atoms with E-state index in [0.717, 1.165) is 47.4 Å². The first-order valence-electron chi connectivity index (χ1n) is 12.3. The topological polar surface area (TPSA) is 78.3 Å². The predicted molar refractivity (Wildman–Crippen MR) is 142 cm³/mol. The summed E-state index contributed by atoms with van der Waals surface area (Å²) < 4.78 is 13.9. The first kappa shape index (κ1) is 24.7. The van der Waals surface area contributed by atoms with E-state index in [-0.39, 0.29) is 11.8 Å². The van der Waals surface area contributed by atoms with Crippen LogP contribution in [0.15, 0.2) is 58.9 Å². The summed E-state index contributed by atoms with van der Waals surface area (Å²) in [7, 11) is 0. The van der Waals surface area contributed by atoms with Crippen LogP contribution in [-0.2, 0) is 11.4 Å². The van der Waals surface area contributed by atoms with Gasteiger partial charge in [-0.1, -0.05) is 48.5 Å². The summed E-state index contributed by atoms with van der Waals surface area (Å²) >= 11 is 7.63. The van der Waals surface area contributed by atoms with Crippen molar-refractivity contribution in [1.29, 1.82) is 0 Å². The van der Waals surface area contributed by atoms with Crippen LogP contribution in [0.1, 0.15) is 56.7 Å². The number of nitrogens with zero attached hydrogens (tertiary/aromatic N) is 3. The van der Waals surface area contributed by atoms with Crippen LogP contribution < -0.4 is 14.8 Å². The fourth-order valence-corrected chi connectivity index (χ4v) is 5.33. The molecule has 2 aliphatic rings. The number of hydrogen-bond donors (Lipinski definition) is 1. The van der Waals surface area contributed by atoms with Gasteiger partial charge in [0.15, 0.2) is 17.3 Å².